The minimum atomic E-state index is -3.55. The fraction of sp³-hybridized carbons (Fsp3) is 0.444. The van der Waals surface area contributed by atoms with Crippen molar-refractivity contribution in [3.8, 4) is 0 Å². The summed E-state index contributed by atoms with van der Waals surface area (Å²) in [6.45, 7) is 5.36. The van der Waals surface area contributed by atoms with E-state index in [4.69, 9.17) is 4.74 Å². The standard InChI is InChI=1S/C18H23NO3S2/c1-14-7-8-18(15(2)11-14)24(20,21)19(12-16-5-3-9-22-16)13-17-6-4-10-23-17/h4,6-8,10-11,16H,3,5,9,12-13H2,1-2H3/t16-/m0/s1. The molecule has 1 aromatic carbocycles. The molecule has 0 bridgehead atoms. The summed E-state index contributed by atoms with van der Waals surface area (Å²) < 4.78 is 33.8. The van der Waals surface area contributed by atoms with E-state index in [1.54, 1.807) is 21.7 Å². The number of thiophene rings is 1. The van der Waals surface area contributed by atoms with Gasteiger partial charge in [-0.25, -0.2) is 8.42 Å². The average molecular weight is 366 g/mol. The second kappa shape index (κ2) is 7.35. The Morgan fingerprint density at radius 1 is 1.29 bits per heavy atom. The molecule has 3 rings (SSSR count). The van der Waals surface area contributed by atoms with Gasteiger partial charge in [0, 0.05) is 24.6 Å². The van der Waals surface area contributed by atoms with E-state index < -0.39 is 10.0 Å². The molecule has 0 radical (unpaired) electrons. The fourth-order valence-corrected chi connectivity index (χ4v) is 5.52. The van der Waals surface area contributed by atoms with Gasteiger partial charge in [-0.3, -0.25) is 0 Å². The first kappa shape index (κ1) is 17.6. The Kier molecular flexibility index (Phi) is 5.39. The Balaban J connectivity index is 1.92. The number of aryl methyl sites for hydroxylation is 2. The van der Waals surface area contributed by atoms with Crippen LogP contribution in [0.25, 0.3) is 0 Å². The molecule has 130 valence electrons. The van der Waals surface area contributed by atoms with Crippen LogP contribution in [-0.2, 0) is 21.3 Å². The largest absolute Gasteiger partial charge is 0.377 e. The monoisotopic (exact) mass is 365 g/mol. The Bertz CT molecular complexity index is 779. The lowest BCUT2D eigenvalue weighted by atomic mass is 10.2. The van der Waals surface area contributed by atoms with E-state index in [0.717, 1.165) is 35.5 Å². The van der Waals surface area contributed by atoms with E-state index >= 15 is 0 Å². The van der Waals surface area contributed by atoms with Crippen LogP contribution in [0.4, 0.5) is 0 Å². The van der Waals surface area contributed by atoms with Gasteiger partial charge in [0.2, 0.25) is 10.0 Å². The first-order valence-electron chi connectivity index (χ1n) is 8.18. The maximum atomic E-state index is 13.3. The normalized spacial score (nSPS) is 18.4. The smallest absolute Gasteiger partial charge is 0.243 e. The fourth-order valence-electron chi connectivity index (χ4n) is 3.07. The van der Waals surface area contributed by atoms with Gasteiger partial charge in [-0.15, -0.1) is 11.3 Å². The highest BCUT2D eigenvalue weighted by atomic mass is 32.2. The molecule has 1 aromatic heterocycles. The molecule has 1 atom stereocenters. The van der Waals surface area contributed by atoms with Crippen LogP contribution in [0.1, 0.15) is 28.8 Å². The molecule has 4 nitrogen and oxygen atoms in total. The van der Waals surface area contributed by atoms with Crippen molar-refractivity contribution in [3.05, 3.63) is 51.7 Å². The minimum absolute atomic E-state index is 0.00880. The first-order chi connectivity index (χ1) is 11.5. The molecule has 24 heavy (non-hydrogen) atoms. The van der Waals surface area contributed by atoms with E-state index in [0.29, 0.717) is 18.0 Å². The van der Waals surface area contributed by atoms with Gasteiger partial charge in [0.15, 0.2) is 0 Å². The first-order valence-corrected chi connectivity index (χ1v) is 10.5. The van der Waals surface area contributed by atoms with Gasteiger partial charge in [-0.1, -0.05) is 23.8 Å². The molecule has 1 saturated heterocycles. The zero-order valence-corrected chi connectivity index (χ0v) is 15.7. The molecule has 0 N–H and O–H groups in total. The van der Waals surface area contributed by atoms with Crippen molar-refractivity contribution >= 4 is 21.4 Å². The predicted molar refractivity (Wildman–Crippen MR) is 96.8 cm³/mol. The Morgan fingerprint density at radius 2 is 2.12 bits per heavy atom. The van der Waals surface area contributed by atoms with Gasteiger partial charge < -0.3 is 4.74 Å². The highest BCUT2D eigenvalue weighted by molar-refractivity contribution is 7.89. The van der Waals surface area contributed by atoms with Crippen LogP contribution in [0.2, 0.25) is 0 Å². The summed E-state index contributed by atoms with van der Waals surface area (Å²) in [6, 6.07) is 9.42. The van der Waals surface area contributed by atoms with Gasteiger partial charge in [-0.05, 0) is 49.8 Å². The van der Waals surface area contributed by atoms with E-state index in [2.05, 4.69) is 0 Å². The summed E-state index contributed by atoms with van der Waals surface area (Å²) in [7, 11) is -3.55. The summed E-state index contributed by atoms with van der Waals surface area (Å²) in [5.41, 5.74) is 1.86. The Labute approximate surface area is 148 Å². The summed E-state index contributed by atoms with van der Waals surface area (Å²) in [5, 5.41) is 1.98. The molecule has 0 unspecified atom stereocenters. The summed E-state index contributed by atoms with van der Waals surface area (Å²) in [5.74, 6) is 0. The molecule has 2 heterocycles. The number of sulfonamides is 1. The van der Waals surface area contributed by atoms with Gasteiger partial charge in [0.25, 0.3) is 0 Å². The van der Waals surface area contributed by atoms with Crippen LogP contribution in [0, 0.1) is 13.8 Å². The van der Waals surface area contributed by atoms with Crippen LogP contribution in [0.15, 0.2) is 40.6 Å². The molecule has 6 heteroatoms. The van der Waals surface area contributed by atoms with Crippen molar-refractivity contribution in [3.63, 3.8) is 0 Å². The Hall–Kier alpha value is -1.21. The van der Waals surface area contributed by atoms with E-state index in [1.165, 1.54) is 0 Å². The summed E-state index contributed by atoms with van der Waals surface area (Å²) >= 11 is 1.58. The molecule has 1 aliphatic rings. The Morgan fingerprint density at radius 3 is 2.75 bits per heavy atom. The lowest BCUT2D eigenvalue weighted by molar-refractivity contribution is 0.0927. The van der Waals surface area contributed by atoms with Gasteiger partial charge in [0.05, 0.1) is 11.0 Å². The van der Waals surface area contributed by atoms with Gasteiger partial charge in [-0.2, -0.15) is 4.31 Å². The molecule has 2 aromatic rings. The third-order valence-corrected chi connectivity index (χ3v) is 7.12. The zero-order valence-electron chi connectivity index (χ0n) is 14.1. The van der Waals surface area contributed by atoms with Crippen LogP contribution in [-0.4, -0.2) is 32.0 Å². The summed E-state index contributed by atoms with van der Waals surface area (Å²) in [6.07, 6.45) is 1.91. The van der Waals surface area contributed by atoms with Crippen molar-refractivity contribution in [2.45, 2.75) is 44.2 Å². The van der Waals surface area contributed by atoms with E-state index in [1.807, 2.05) is 43.5 Å². The maximum Gasteiger partial charge on any atom is 0.243 e. The zero-order chi connectivity index (χ0) is 17.2. The van der Waals surface area contributed by atoms with Gasteiger partial charge >= 0.3 is 0 Å². The molecule has 0 aliphatic carbocycles. The molecule has 1 fully saturated rings. The number of hydrogen-bond donors (Lipinski definition) is 0. The van der Waals surface area contributed by atoms with E-state index in [9.17, 15) is 8.42 Å². The number of hydrogen-bond acceptors (Lipinski definition) is 4. The predicted octanol–water partition coefficient (Wildman–Crippen LogP) is 3.73. The quantitative estimate of drug-likeness (QED) is 0.783. The second-order valence-corrected chi connectivity index (χ2v) is 9.22. The molecule has 0 spiro atoms. The lowest BCUT2D eigenvalue weighted by Gasteiger charge is -2.25. The average Bonchev–Trinajstić information content (AvgIpc) is 3.19. The number of ether oxygens (including phenoxy) is 1. The molecular weight excluding hydrogens is 342 g/mol. The molecule has 1 aliphatic heterocycles. The highest BCUT2D eigenvalue weighted by Crippen LogP contribution is 2.26. The number of benzene rings is 1. The van der Waals surface area contributed by atoms with Crippen LogP contribution < -0.4 is 0 Å². The van der Waals surface area contributed by atoms with E-state index in [-0.39, 0.29) is 6.10 Å². The van der Waals surface area contributed by atoms with Crippen LogP contribution >= 0.6 is 11.3 Å². The van der Waals surface area contributed by atoms with Crippen molar-refractivity contribution < 1.29 is 13.2 Å². The SMILES string of the molecule is Cc1ccc(S(=O)(=O)N(Cc2cccs2)C[C@@H]2CCCO2)c(C)c1. The maximum absolute atomic E-state index is 13.3. The number of rotatable bonds is 6. The third-order valence-electron chi connectivity index (χ3n) is 4.29. The van der Waals surface area contributed by atoms with Crippen molar-refractivity contribution in [1.29, 1.82) is 0 Å². The topological polar surface area (TPSA) is 46.6 Å². The van der Waals surface area contributed by atoms with Crippen LogP contribution in [0.5, 0.6) is 0 Å². The van der Waals surface area contributed by atoms with Crippen LogP contribution in [0.3, 0.4) is 0 Å². The lowest BCUT2D eigenvalue weighted by Crippen LogP contribution is -2.37. The molecular formula is C18H23NO3S2. The van der Waals surface area contributed by atoms with Crippen molar-refractivity contribution in [2.75, 3.05) is 13.2 Å². The minimum Gasteiger partial charge on any atom is -0.377 e. The third kappa shape index (κ3) is 3.88. The molecule has 0 amide bonds. The van der Waals surface area contributed by atoms with Gasteiger partial charge in [0.1, 0.15) is 0 Å². The van der Waals surface area contributed by atoms with Crippen molar-refractivity contribution in [2.24, 2.45) is 0 Å². The van der Waals surface area contributed by atoms with Crippen molar-refractivity contribution in [1.82, 2.24) is 4.31 Å². The second-order valence-electron chi connectivity index (χ2n) is 6.28. The molecule has 0 saturated carbocycles. The number of nitrogens with zero attached hydrogens (tertiary/aromatic N) is 1. The highest BCUT2D eigenvalue weighted by Gasteiger charge is 2.30. The summed E-state index contributed by atoms with van der Waals surface area (Å²) in [4.78, 5) is 1.43.